The number of nitrogens with zero attached hydrogens (tertiary/aromatic N) is 3. The fourth-order valence-electron chi connectivity index (χ4n) is 3.78. The van der Waals surface area contributed by atoms with Gasteiger partial charge in [-0.1, -0.05) is 12.1 Å². The Labute approximate surface area is 189 Å². The van der Waals surface area contributed by atoms with E-state index in [0.29, 0.717) is 24.3 Å². The maximum absolute atomic E-state index is 13.3. The van der Waals surface area contributed by atoms with Crippen LogP contribution in [0.3, 0.4) is 0 Å². The topological polar surface area (TPSA) is 108 Å². The summed E-state index contributed by atoms with van der Waals surface area (Å²) < 4.78 is 0. The number of rotatable bonds is 4. The van der Waals surface area contributed by atoms with Gasteiger partial charge in [-0.2, -0.15) is 0 Å². The quantitative estimate of drug-likeness (QED) is 0.241. The Bertz CT molecular complexity index is 1160. The van der Waals surface area contributed by atoms with Crippen molar-refractivity contribution in [2.45, 2.75) is 6.92 Å². The van der Waals surface area contributed by atoms with E-state index >= 15 is 0 Å². The number of carbonyl (C=O) groups is 2. The normalized spacial score (nSPS) is 18.2. The van der Waals surface area contributed by atoms with E-state index in [0.717, 1.165) is 24.3 Å². The van der Waals surface area contributed by atoms with Crippen LogP contribution < -0.4 is 20.4 Å². The number of aryl methyl sites for hydroxylation is 1. The number of nitro benzene ring substituents is 1. The minimum atomic E-state index is -0.637. The number of anilines is 2. The second-order valence-electron chi connectivity index (χ2n) is 7.53. The van der Waals surface area contributed by atoms with E-state index in [-0.39, 0.29) is 16.4 Å². The molecule has 0 aromatic heterocycles. The molecule has 4 rings (SSSR count). The van der Waals surface area contributed by atoms with Gasteiger partial charge in [0, 0.05) is 49.6 Å². The largest absolute Gasteiger partial charge is 0.368 e. The van der Waals surface area contributed by atoms with Crippen molar-refractivity contribution in [2.75, 3.05) is 36.0 Å². The molecule has 0 bridgehead atoms. The van der Waals surface area contributed by atoms with Gasteiger partial charge in [-0.25, -0.2) is 0 Å². The van der Waals surface area contributed by atoms with Gasteiger partial charge in [-0.05, 0) is 49.0 Å². The van der Waals surface area contributed by atoms with E-state index in [1.54, 1.807) is 24.3 Å². The lowest BCUT2D eigenvalue weighted by Gasteiger charge is -2.31. The van der Waals surface area contributed by atoms with Crippen molar-refractivity contribution in [3.63, 3.8) is 0 Å². The molecule has 0 unspecified atom stereocenters. The molecule has 2 fully saturated rings. The smallest absolute Gasteiger partial charge is 0.270 e. The van der Waals surface area contributed by atoms with Crippen molar-refractivity contribution in [2.24, 2.45) is 0 Å². The molecule has 0 saturated carbocycles. The highest BCUT2D eigenvalue weighted by Crippen LogP contribution is 2.30. The van der Waals surface area contributed by atoms with Gasteiger partial charge in [0.05, 0.1) is 10.6 Å². The van der Waals surface area contributed by atoms with Crippen LogP contribution in [0.1, 0.15) is 11.1 Å². The minimum absolute atomic E-state index is 0.0101. The minimum Gasteiger partial charge on any atom is -0.368 e. The summed E-state index contributed by atoms with van der Waals surface area (Å²) in [4.78, 5) is 40.2. The average molecular weight is 452 g/mol. The molecular formula is C22H21N5O4S. The fourth-order valence-corrected chi connectivity index (χ4v) is 4.06. The van der Waals surface area contributed by atoms with Crippen molar-refractivity contribution in [3.8, 4) is 0 Å². The lowest BCUT2D eigenvalue weighted by molar-refractivity contribution is -0.384. The SMILES string of the molecule is Cc1cccc(N2C(=O)/C(=C\c3cc([N+](=O)[O-])ccc3N3CCNCC3)C(=O)NC2=S)c1. The lowest BCUT2D eigenvalue weighted by atomic mass is 10.0. The van der Waals surface area contributed by atoms with Gasteiger partial charge in [0.1, 0.15) is 5.57 Å². The summed E-state index contributed by atoms with van der Waals surface area (Å²) in [5.74, 6) is -1.22. The molecule has 164 valence electrons. The third kappa shape index (κ3) is 4.23. The Kier molecular flexibility index (Phi) is 5.97. The molecule has 2 amide bonds. The van der Waals surface area contributed by atoms with Crippen LogP contribution >= 0.6 is 12.2 Å². The molecule has 10 heteroatoms. The molecule has 32 heavy (non-hydrogen) atoms. The Morgan fingerprint density at radius 3 is 2.56 bits per heavy atom. The summed E-state index contributed by atoms with van der Waals surface area (Å²) in [5.41, 5.74) is 2.35. The van der Waals surface area contributed by atoms with Crippen molar-refractivity contribution in [3.05, 3.63) is 69.3 Å². The van der Waals surface area contributed by atoms with Crippen LogP contribution in [-0.4, -0.2) is 48.0 Å². The number of carbonyl (C=O) groups excluding carboxylic acids is 2. The van der Waals surface area contributed by atoms with Crippen LogP contribution in [0, 0.1) is 17.0 Å². The standard InChI is InChI=1S/C22H21N5O4S/c1-14-3-2-4-16(11-14)26-21(29)18(20(28)24-22(26)32)13-15-12-17(27(30)31)5-6-19(15)25-9-7-23-8-10-25/h2-6,11-13,23H,7-10H2,1H3,(H,24,28,32)/b18-13-. The van der Waals surface area contributed by atoms with Crippen LogP contribution in [0.15, 0.2) is 48.0 Å². The van der Waals surface area contributed by atoms with Crippen LogP contribution in [0.4, 0.5) is 17.1 Å². The molecular weight excluding hydrogens is 430 g/mol. The molecule has 0 atom stereocenters. The van der Waals surface area contributed by atoms with Crippen LogP contribution in [0.2, 0.25) is 0 Å². The van der Waals surface area contributed by atoms with Crippen LogP contribution in [0.25, 0.3) is 6.08 Å². The molecule has 0 aliphatic carbocycles. The number of piperazine rings is 1. The van der Waals surface area contributed by atoms with Crippen molar-refractivity contribution < 1.29 is 14.5 Å². The number of non-ortho nitro benzene ring substituents is 1. The molecule has 9 nitrogen and oxygen atoms in total. The lowest BCUT2D eigenvalue weighted by Crippen LogP contribution is -2.54. The first-order valence-corrected chi connectivity index (χ1v) is 10.5. The predicted octanol–water partition coefficient (Wildman–Crippen LogP) is 2.14. The van der Waals surface area contributed by atoms with Gasteiger partial charge < -0.3 is 10.2 Å². The van der Waals surface area contributed by atoms with Gasteiger partial charge in [0.15, 0.2) is 5.11 Å². The summed E-state index contributed by atoms with van der Waals surface area (Å²) in [6.07, 6.45) is 1.41. The third-order valence-corrected chi connectivity index (χ3v) is 5.63. The van der Waals surface area contributed by atoms with Crippen molar-refractivity contribution in [1.29, 1.82) is 0 Å². The third-order valence-electron chi connectivity index (χ3n) is 5.34. The molecule has 2 heterocycles. The van der Waals surface area contributed by atoms with E-state index in [2.05, 4.69) is 15.5 Å². The predicted molar refractivity (Wildman–Crippen MR) is 126 cm³/mol. The summed E-state index contributed by atoms with van der Waals surface area (Å²) in [7, 11) is 0. The highest BCUT2D eigenvalue weighted by molar-refractivity contribution is 7.80. The molecule has 2 aliphatic heterocycles. The van der Waals surface area contributed by atoms with Gasteiger partial charge in [0.2, 0.25) is 0 Å². The number of nitrogens with one attached hydrogen (secondary N) is 2. The maximum atomic E-state index is 13.3. The van der Waals surface area contributed by atoms with Crippen molar-refractivity contribution >= 4 is 52.3 Å². The van der Waals surface area contributed by atoms with Crippen LogP contribution in [0.5, 0.6) is 0 Å². The molecule has 2 aromatic carbocycles. The second kappa shape index (κ2) is 8.85. The zero-order chi connectivity index (χ0) is 22.8. The van der Waals surface area contributed by atoms with E-state index in [4.69, 9.17) is 12.2 Å². The fraction of sp³-hybridized carbons (Fsp3) is 0.227. The van der Waals surface area contributed by atoms with E-state index in [1.807, 2.05) is 13.0 Å². The molecule has 0 radical (unpaired) electrons. The summed E-state index contributed by atoms with van der Waals surface area (Å²) in [5, 5.41) is 17.2. The highest BCUT2D eigenvalue weighted by Gasteiger charge is 2.35. The Hall–Kier alpha value is -3.63. The van der Waals surface area contributed by atoms with Crippen molar-refractivity contribution in [1.82, 2.24) is 10.6 Å². The summed E-state index contributed by atoms with van der Waals surface area (Å²) in [6.45, 7) is 4.82. The zero-order valence-electron chi connectivity index (χ0n) is 17.3. The Morgan fingerprint density at radius 2 is 1.88 bits per heavy atom. The van der Waals surface area contributed by atoms with Gasteiger partial charge >= 0.3 is 0 Å². The average Bonchev–Trinajstić information content (AvgIpc) is 2.77. The van der Waals surface area contributed by atoms with E-state index < -0.39 is 16.7 Å². The molecule has 0 spiro atoms. The number of benzene rings is 2. The first-order valence-electron chi connectivity index (χ1n) is 10.1. The summed E-state index contributed by atoms with van der Waals surface area (Å²) >= 11 is 5.25. The Balaban J connectivity index is 1.79. The molecule has 2 aliphatic rings. The number of hydrogen-bond donors (Lipinski definition) is 2. The number of hydrogen-bond acceptors (Lipinski definition) is 7. The number of thiocarbonyl (C=S) groups is 1. The van der Waals surface area contributed by atoms with E-state index in [1.165, 1.54) is 23.1 Å². The van der Waals surface area contributed by atoms with Gasteiger partial charge in [-0.3, -0.25) is 29.9 Å². The van der Waals surface area contributed by atoms with Gasteiger partial charge in [-0.15, -0.1) is 0 Å². The highest BCUT2D eigenvalue weighted by atomic mass is 32.1. The number of amides is 2. The second-order valence-corrected chi connectivity index (χ2v) is 7.92. The molecule has 2 aromatic rings. The maximum Gasteiger partial charge on any atom is 0.270 e. The first-order chi connectivity index (χ1) is 15.3. The number of nitro groups is 1. The van der Waals surface area contributed by atoms with Gasteiger partial charge in [0.25, 0.3) is 17.5 Å². The molecule has 2 saturated heterocycles. The van der Waals surface area contributed by atoms with Crippen LogP contribution in [-0.2, 0) is 9.59 Å². The molecule has 2 N–H and O–H groups in total. The monoisotopic (exact) mass is 451 g/mol. The Morgan fingerprint density at radius 1 is 1.12 bits per heavy atom. The zero-order valence-corrected chi connectivity index (χ0v) is 18.1. The first kappa shape index (κ1) is 21.6. The van der Waals surface area contributed by atoms with E-state index in [9.17, 15) is 19.7 Å². The summed E-state index contributed by atoms with van der Waals surface area (Å²) in [6, 6.07) is 11.7.